The van der Waals surface area contributed by atoms with Crippen molar-refractivity contribution in [2.75, 3.05) is 19.5 Å². The average molecular weight is 608 g/mol. The highest BCUT2D eigenvalue weighted by Crippen LogP contribution is 2.29. The molecule has 3 rings (SSSR count). The number of amides is 1. The minimum atomic E-state index is -4.02. The molecule has 1 saturated heterocycles. The molecule has 1 aliphatic rings. The van der Waals surface area contributed by atoms with Gasteiger partial charge in [-0.1, -0.05) is 60.7 Å². The van der Waals surface area contributed by atoms with E-state index in [2.05, 4.69) is 5.32 Å². The standard InChI is InChI=1S/C30H41NO10S/c1-6-36-28(32)23(31-29(33)40-30(2,3)4)17-24-27(41-42(5,34)35)26(39-19-22-15-11-8-12-16-22)25(20-38-24)37-18-21-13-9-7-10-14-21/h7-16,23-27H,6,17-20H2,1-5H3,(H,31,33)/t23?,24-,25+,26-,27-/m1/s1. The first-order valence-electron chi connectivity index (χ1n) is 13.8. The number of rotatable bonds is 13. The van der Waals surface area contributed by atoms with Crippen molar-refractivity contribution < 1.29 is 45.9 Å². The van der Waals surface area contributed by atoms with Gasteiger partial charge in [0.2, 0.25) is 0 Å². The SMILES string of the molecule is CCOC(=O)C(C[C@H]1OC[C@H](OCc2ccccc2)[C@@H](OCc2ccccc2)[C@@H]1OS(C)(=O)=O)NC(=O)OC(C)(C)C. The minimum Gasteiger partial charge on any atom is -0.464 e. The zero-order valence-electron chi connectivity index (χ0n) is 24.7. The summed E-state index contributed by atoms with van der Waals surface area (Å²) >= 11 is 0. The Kier molecular flexibility index (Phi) is 12.3. The first-order chi connectivity index (χ1) is 19.8. The molecule has 1 fully saturated rings. The van der Waals surface area contributed by atoms with E-state index in [0.29, 0.717) is 0 Å². The van der Waals surface area contributed by atoms with Gasteiger partial charge in [0, 0.05) is 6.42 Å². The van der Waals surface area contributed by atoms with Gasteiger partial charge in [0.25, 0.3) is 10.1 Å². The molecule has 2 aromatic rings. The summed E-state index contributed by atoms with van der Waals surface area (Å²) in [5, 5.41) is 2.53. The third-order valence-electron chi connectivity index (χ3n) is 6.14. The Morgan fingerprint density at radius 1 is 0.952 bits per heavy atom. The summed E-state index contributed by atoms with van der Waals surface area (Å²) in [6, 6.07) is 17.6. The van der Waals surface area contributed by atoms with Gasteiger partial charge in [-0.15, -0.1) is 0 Å². The third-order valence-corrected chi connectivity index (χ3v) is 6.71. The second-order valence-corrected chi connectivity index (χ2v) is 12.5. The summed E-state index contributed by atoms with van der Waals surface area (Å²) in [7, 11) is -4.02. The number of nitrogens with one attached hydrogen (secondary N) is 1. The highest BCUT2D eigenvalue weighted by Gasteiger charge is 2.46. The zero-order valence-corrected chi connectivity index (χ0v) is 25.5. The topological polar surface area (TPSA) is 136 Å². The van der Waals surface area contributed by atoms with Crippen LogP contribution < -0.4 is 5.32 Å². The van der Waals surface area contributed by atoms with Gasteiger partial charge < -0.3 is 29.0 Å². The summed E-state index contributed by atoms with van der Waals surface area (Å²) in [6.07, 6.45) is -3.91. The second kappa shape index (κ2) is 15.4. The second-order valence-electron chi connectivity index (χ2n) is 10.9. The summed E-state index contributed by atoms with van der Waals surface area (Å²) < 4.78 is 59.5. The number of hydrogen-bond donors (Lipinski definition) is 1. The highest BCUT2D eigenvalue weighted by molar-refractivity contribution is 7.86. The van der Waals surface area contributed by atoms with Crippen LogP contribution in [-0.4, -0.2) is 76.0 Å². The molecule has 1 aliphatic heterocycles. The maximum absolute atomic E-state index is 12.9. The summed E-state index contributed by atoms with van der Waals surface area (Å²) in [5.41, 5.74) is 0.953. The molecule has 0 saturated carbocycles. The molecule has 0 radical (unpaired) electrons. The number of ether oxygens (including phenoxy) is 5. The van der Waals surface area contributed by atoms with Crippen LogP contribution in [0.3, 0.4) is 0 Å². The molecule has 232 valence electrons. The van der Waals surface area contributed by atoms with Crippen LogP contribution in [-0.2, 0) is 56.0 Å². The van der Waals surface area contributed by atoms with Gasteiger partial charge in [-0.3, -0.25) is 4.18 Å². The lowest BCUT2D eigenvalue weighted by Crippen LogP contribution is -2.58. The molecule has 5 atom stereocenters. The average Bonchev–Trinajstić information content (AvgIpc) is 2.91. The molecule has 1 N–H and O–H groups in total. The molecule has 0 spiro atoms. The predicted octanol–water partition coefficient (Wildman–Crippen LogP) is 3.75. The van der Waals surface area contributed by atoms with Crippen LogP contribution in [0.2, 0.25) is 0 Å². The lowest BCUT2D eigenvalue weighted by molar-refractivity contribution is -0.217. The molecule has 0 aliphatic carbocycles. The normalized spacial score (nSPS) is 21.7. The van der Waals surface area contributed by atoms with Crippen molar-refractivity contribution in [3.63, 3.8) is 0 Å². The summed E-state index contributed by atoms with van der Waals surface area (Å²) in [5.74, 6) is -0.728. The largest absolute Gasteiger partial charge is 0.464 e. The molecule has 1 amide bonds. The Hall–Kier alpha value is -3.03. The minimum absolute atomic E-state index is 0.0164. The van der Waals surface area contributed by atoms with E-state index < -0.39 is 58.2 Å². The monoisotopic (exact) mass is 607 g/mol. The van der Waals surface area contributed by atoms with E-state index in [0.717, 1.165) is 17.4 Å². The Bertz CT molecular complexity index is 1230. The van der Waals surface area contributed by atoms with Crippen molar-refractivity contribution in [3.8, 4) is 0 Å². The summed E-state index contributed by atoms with van der Waals surface area (Å²) in [6.45, 7) is 7.16. The first kappa shape index (κ1) is 33.5. The molecule has 2 aromatic carbocycles. The van der Waals surface area contributed by atoms with Crippen molar-refractivity contribution in [3.05, 3.63) is 71.8 Å². The maximum Gasteiger partial charge on any atom is 0.408 e. The predicted molar refractivity (Wildman–Crippen MR) is 154 cm³/mol. The van der Waals surface area contributed by atoms with Gasteiger partial charge in [0.1, 0.15) is 30.0 Å². The molecule has 0 aromatic heterocycles. The molecular formula is C30H41NO10S. The van der Waals surface area contributed by atoms with Gasteiger partial charge in [-0.05, 0) is 38.8 Å². The van der Waals surface area contributed by atoms with E-state index in [1.807, 2.05) is 60.7 Å². The van der Waals surface area contributed by atoms with Gasteiger partial charge in [0.15, 0.2) is 0 Å². The van der Waals surface area contributed by atoms with Crippen LogP contribution in [0.1, 0.15) is 45.2 Å². The van der Waals surface area contributed by atoms with Crippen molar-refractivity contribution in [1.82, 2.24) is 5.32 Å². The molecule has 11 nitrogen and oxygen atoms in total. The van der Waals surface area contributed by atoms with Crippen LogP contribution in [0.4, 0.5) is 4.79 Å². The Morgan fingerprint density at radius 3 is 2.05 bits per heavy atom. The zero-order chi connectivity index (χ0) is 30.8. The Balaban J connectivity index is 1.89. The van der Waals surface area contributed by atoms with Crippen LogP contribution in [0, 0.1) is 0 Å². The van der Waals surface area contributed by atoms with E-state index in [9.17, 15) is 18.0 Å². The molecular weight excluding hydrogens is 566 g/mol. The Labute approximate surface area is 247 Å². The molecule has 42 heavy (non-hydrogen) atoms. The smallest absolute Gasteiger partial charge is 0.408 e. The number of alkyl carbamates (subject to hydrolysis) is 1. The van der Waals surface area contributed by atoms with Crippen molar-refractivity contribution in [2.24, 2.45) is 0 Å². The first-order valence-corrected chi connectivity index (χ1v) is 15.6. The van der Waals surface area contributed by atoms with Crippen molar-refractivity contribution in [1.29, 1.82) is 0 Å². The van der Waals surface area contributed by atoms with Crippen molar-refractivity contribution in [2.45, 2.75) is 83.4 Å². The van der Waals surface area contributed by atoms with E-state index in [4.69, 9.17) is 27.9 Å². The Morgan fingerprint density at radius 2 is 1.52 bits per heavy atom. The van der Waals surface area contributed by atoms with Gasteiger partial charge in [-0.2, -0.15) is 8.42 Å². The summed E-state index contributed by atoms with van der Waals surface area (Å²) in [4.78, 5) is 25.4. The number of carbonyl (C=O) groups is 2. The molecule has 12 heteroatoms. The van der Waals surface area contributed by atoms with Crippen LogP contribution >= 0.6 is 0 Å². The lowest BCUT2D eigenvalue weighted by atomic mass is 9.94. The van der Waals surface area contributed by atoms with E-state index in [-0.39, 0.29) is 32.8 Å². The quantitative estimate of drug-likeness (QED) is 0.265. The molecule has 1 unspecified atom stereocenters. The van der Waals surface area contributed by atoms with Gasteiger partial charge in [0.05, 0.1) is 38.8 Å². The number of carbonyl (C=O) groups excluding carboxylic acids is 2. The number of esters is 1. The van der Waals surface area contributed by atoms with Crippen LogP contribution in [0.15, 0.2) is 60.7 Å². The van der Waals surface area contributed by atoms with Crippen LogP contribution in [0.25, 0.3) is 0 Å². The number of benzene rings is 2. The number of hydrogen-bond acceptors (Lipinski definition) is 10. The fraction of sp³-hybridized carbons (Fsp3) is 0.533. The van der Waals surface area contributed by atoms with E-state index in [1.54, 1.807) is 27.7 Å². The van der Waals surface area contributed by atoms with E-state index in [1.165, 1.54) is 0 Å². The fourth-order valence-corrected chi connectivity index (χ4v) is 5.02. The molecule has 0 bridgehead atoms. The van der Waals surface area contributed by atoms with Gasteiger partial charge >= 0.3 is 12.1 Å². The highest BCUT2D eigenvalue weighted by atomic mass is 32.2. The maximum atomic E-state index is 12.9. The fourth-order valence-electron chi connectivity index (χ4n) is 4.38. The van der Waals surface area contributed by atoms with Crippen LogP contribution in [0.5, 0.6) is 0 Å². The van der Waals surface area contributed by atoms with Gasteiger partial charge in [-0.25, -0.2) is 9.59 Å². The third kappa shape index (κ3) is 11.3. The molecule has 1 heterocycles. The lowest BCUT2D eigenvalue weighted by Gasteiger charge is -2.42. The van der Waals surface area contributed by atoms with E-state index >= 15 is 0 Å². The van der Waals surface area contributed by atoms with Crippen molar-refractivity contribution >= 4 is 22.2 Å².